The van der Waals surface area contributed by atoms with Gasteiger partial charge in [0.05, 0.1) is 23.3 Å². The van der Waals surface area contributed by atoms with Crippen LogP contribution in [-0.4, -0.2) is 35.5 Å². The van der Waals surface area contributed by atoms with Crippen LogP contribution in [0, 0.1) is 11.6 Å². The summed E-state index contributed by atoms with van der Waals surface area (Å²) in [7, 11) is 0. The van der Waals surface area contributed by atoms with Crippen molar-refractivity contribution in [3.8, 4) is 0 Å². The van der Waals surface area contributed by atoms with Gasteiger partial charge in [0.25, 0.3) is 5.91 Å². The second kappa shape index (κ2) is 11.6. The van der Waals surface area contributed by atoms with Crippen molar-refractivity contribution in [2.75, 3.05) is 6.54 Å². The molecule has 4 rings (SSSR count). The normalized spacial score (nSPS) is 14.8. The lowest BCUT2D eigenvalue weighted by Crippen LogP contribution is -2.48. The molecule has 0 fully saturated rings. The van der Waals surface area contributed by atoms with Crippen molar-refractivity contribution in [1.82, 2.24) is 10.6 Å². The topological polar surface area (TPSA) is 91.6 Å². The van der Waals surface area contributed by atoms with Gasteiger partial charge < -0.3 is 20.2 Å². The van der Waals surface area contributed by atoms with Crippen LogP contribution in [0.2, 0.25) is 0 Å². The molecule has 0 aliphatic heterocycles. The first-order chi connectivity index (χ1) is 17.3. The van der Waals surface area contributed by atoms with Gasteiger partial charge in [-0.1, -0.05) is 31.2 Å². The Morgan fingerprint density at radius 3 is 2.58 bits per heavy atom. The van der Waals surface area contributed by atoms with Gasteiger partial charge in [0.1, 0.15) is 23.7 Å². The Morgan fingerprint density at radius 2 is 1.83 bits per heavy atom. The van der Waals surface area contributed by atoms with E-state index in [4.69, 9.17) is 4.42 Å². The first kappa shape index (κ1) is 25.7. The smallest absolute Gasteiger partial charge is 0.255 e. The second-order valence-electron chi connectivity index (χ2n) is 9.16. The van der Waals surface area contributed by atoms with Crippen LogP contribution in [0.3, 0.4) is 0 Å². The molecule has 0 saturated carbocycles. The molecule has 190 valence electrons. The van der Waals surface area contributed by atoms with Crippen molar-refractivity contribution in [3.05, 3.63) is 93.9 Å². The molecule has 0 saturated heterocycles. The van der Waals surface area contributed by atoms with E-state index < -0.39 is 29.7 Å². The number of aliphatic hydroxyl groups is 1. The Kier molecular flexibility index (Phi) is 8.28. The van der Waals surface area contributed by atoms with Gasteiger partial charge in [-0.3, -0.25) is 9.59 Å². The van der Waals surface area contributed by atoms with Gasteiger partial charge in [-0.25, -0.2) is 8.78 Å². The van der Waals surface area contributed by atoms with Crippen LogP contribution >= 0.6 is 0 Å². The number of amides is 1. The number of fused-ring (bicyclic) bond motifs is 1. The highest BCUT2D eigenvalue weighted by Crippen LogP contribution is 2.26. The van der Waals surface area contributed by atoms with E-state index in [0.29, 0.717) is 31.6 Å². The molecule has 1 heterocycles. The zero-order valence-corrected chi connectivity index (χ0v) is 20.2. The van der Waals surface area contributed by atoms with Crippen molar-refractivity contribution < 1.29 is 27.9 Å². The minimum absolute atomic E-state index is 0.0113. The van der Waals surface area contributed by atoms with Crippen molar-refractivity contribution in [2.45, 2.75) is 57.7 Å². The number of carbonyl (C=O) groups excluding carboxylic acids is 2. The van der Waals surface area contributed by atoms with E-state index in [1.807, 2.05) is 18.2 Å². The lowest BCUT2D eigenvalue weighted by atomic mass is 9.93. The molecule has 0 spiro atoms. The molecule has 2 aromatic carbocycles. The highest BCUT2D eigenvalue weighted by atomic mass is 19.1. The molecular formula is C28H30F2N2O4. The summed E-state index contributed by atoms with van der Waals surface area (Å²) in [6, 6.07) is 10.3. The van der Waals surface area contributed by atoms with Crippen LogP contribution in [0.4, 0.5) is 8.78 Å². The summed E-state index contributed by atoms with van der Waals surface area (Å²) in [5, 5.41) is 16.9. The maximum absolute atomic E-state index is 13.8. The Morgan fingerprint density at radius 1 is 1.08 bits per heavy atom. The fraction of sp³-hybridized carbons (Fsp3) is 0.357. The molecule has 6 nitrogen and oxygen atoms in total. The number of Topliss-reactive ketones (excluding diaryl/α,β-unsaturated/α-hetero) is 1. The molecule has 36 heavy (non-hydrogen) atoms. The van der Waals surface area contributed by atoms with Gasteiger partial charge in [0.15, 0.2) is 5.78 Å². The summed E-state index contributed by atoms with van der Waals surface area (Å²) >= 11 is 0. The predicted octanol–water partition coefficient (Wildman–Crippen LogP) is 4.13. The standard InChI is InChI=1S/C28H30F2N2O4/c1-2-17-5-3-6-18(9-17)14-31-15-25(34)23(12-19-10-20(29)13-21(30)11-19)32-28(35)22-16-36-26-8-4-7-24(33)27(22)26/h3,5-6,9-11,13,16,23,25,31,34H,2,4,7-8,12,14-15H2,1H3,(H,32,35)/t23-,25-/m0/s1. The number of carbonyl (C=O) groups is 2. The molecule has 0 unspecified atom stereocenters. The zero-order chi connectivity index (χ0) is 25.7. The van der Waals surface area contributed by atoms with E-state index in [1.54, 1.807) is 0 Å². The Hall–Kier alpha value is -3.36. The third-order valence-electron chi connectivity index (χ3n) is 6.44. The molecule has 2 atom stereocenters. The highest BCUT2D eigenvalue weighted by Gasteiger charge is 2.30. The van der Waals surface area contributed by atoms with Gasteiger partial charge in [-0.05, 0) is 48.1 Å². The number of benzene rings is 2. The van der Waals surface area contributed by atoms with Crippen LogP contribution in [-0.2, 0) is 25.8 Å². The van der Waals surface area contributed by atoms with Crippen LogP contribution < -0.4 is 10.6 Å². The SMILES string of the molecule is CCc1cccc(CNC[C@H](O)[C@H](Cc2cc(F)cc(F)c2)NC(=O)c2coc3c2C(=O)CCC3)c1. The number of aryl methyl sites for hydroxylation is 2. The van der Waals surface area contributed by atoms with Crippen LogP contribution in [0.15, 0.2) is 53.1 Å². The van der Waals surface area contributed by atoms with Crippen molar-refractivity contribution >= 4 is 11.7 Å². The number of aliphatic hydroxyl groups excluding tert-OH is 1. The van der Waals surface area contributed by atoms with Gasteiger partial charge in [0.2, 0.25) is 0 Å². The monoisotopic (exact) mass is 496 g/mol. The fourth-order valence-corrected chi connectivity index (χ4v) is 4.57. The van der Waals surface area contributed by atoms with Gasteiger partial charge in [-0.15, -0.1) is 0 Å². The van der Waals surface area contributed by atoms with E-state index in [1.165, 1.54) is 24.0 Å². The van der Waals surface area contributed by atoms with Gasteiger partial charge >= 0.3 is 0 Å². The Bertz CT molecular complexity index is 1220. The van der Waals surface area contributed by atoms with E-state index >= 15 is 0 Å². The number of halogens is 2. The Balaban J connectivity index is 1.49. The molecule has 0 radical (unpaired) electrons. The predicted molar refractivity (Wildman–Crippen MR) is 131 cm³/mol. The average Bonchev–Trinajstić information content (AvgIpc) is 3.29. The summed E-state index contributed by atoms with van der Waals surface area (Å²) in [5.74, 6) is -1.74. The third kappa shape index (κ3) is 6.25. The maximum atomic E-state index is 13.8. The minimum Gasteiger partial charge on any atom is -0.468 e. The first-order valence-electron chi connectivity index (χ1n) is 12.2. The average molecular weight is 497 g/mol. The van der Waals surface area contributed by atoms with E-state index in [9.17, 15) is 23.5 Å². The molecule has 3 N–H and O–H groups in total. The lowest BCUT2D eigenvalue weighted by molar-refractivity contribution is 0.0823. The van der Waals surface area contributed by atoms with Crippen LogP contribution in [0.5, 0.6) is 0 Å². The lowest BCUT2D eigenvalue weighted by Gasteiger charge is -2.25. The molecular weight excluding hydrogens is 466 g/mol. The quantitative estimate of drug-likeness (QED) is 0.393. The largest absolute Gasteiger partial charge is 0.468 e. The number of hydrogen-bond acceptors (Lipinski definition) is 5. The fourth-order valence-electron chi connectivity index (χ4n) is 4.57. The zero-order valence-electron chi connectivity index (χ0n) is 20.2. The number of furan rings is 1. The van der Waals surface area contributed by atoms with E-state index in [0.717, 1.165) is 18.1 Å². The summed E-state index contributed by atoms with van der Waals surface area (Å²) in [6.07, 6.45) is 2.66. The molecule has 8 heteroatoms. The molecule has 1 aromatic heterocycles. The molecule has 0 bridgehead atoms. The summed E-state index contributed by atoms with van der Waals surface area (Å²) < 4.78 is 33.0. The van der Waals surface area contributed by atoms with Crippen LogP contribution in [0.1, 0.15) is 62.9 Å². The number of ketones is 1. The number of rotatable bonds is 10. The van der Waals surface area contributed by atoms with E-state index in [2.05, 4.69) is 23.6 Å². The van der Waals surface area contributed by atoms with E-state index in [-0.39, 0.29) is 35.4 Å². The molecule has 1 aliphatic rings. The third-order valence-corrected chi connectivity index (χ3v) is 6.44. The van der Waals surface area contributed by atoms with Crippen molar-refractivity contribution in [3.63, 3.8) is 0 Å². The highest BCUT2D eigenvalue weighted by molar-refractivity contribution is 6.09. The van der Waals surface area contributed by atoms with Gasteiger partial charge in [-0.2, -0.15) is 0 Å². The first-order valence-corrected chi connectivity index (χ1v) is 12.2. The van der Waals surface area contributed by atoms with Gasteiger partial charge in [0, 0.05) is 32.0 Å². The summed E-state index contributed by atoms with van der Waals surface area (Å²) in [5.41, 5.74) is 2.93. The molecule has 1 amide bonds. The van der Waals surface area contributed by atoms with Crippen molar-refractivity contribution in [2.24, 2.45) is 0 Å². The minimum atomic E-state index is -1.08. The van der Waals surface area contributed by atoms with Crippen molar-refractivity contribution in [1.29, 1.82) is 0 Å². The molecule has 3 aromatic rings. The summed E-state index contributed by atoms with van der Waals surface area (Å²) in [6.45, 7) is 2.70. The number of hydrogen-bond donors (Lipinski definition) is 3. The number of nitrogens with one attached hydrogen (secondary N) is 2. The maximum Gasteiger partial charge on any atom is 0.255 e. The Labute approximate surface area is 208 Å². The molecule has 1 aliphatic carbocycles. The second-order valence-corrected chi connectivity index (χ2v) is 9.16. The van der Waals surface area contributed by atoms with Crippen LogP contribution in [0.25, 0.3) is 0 Å². The summed E-state index contributed by atoms with van der Waals surface area (Å²) in [4.78, 5) is 25.5.